The maximum Gasteiger partial charge on any atom is 0.307 e. The zero-order valence-electron chi connectivity index (χ0n) is 13.8. The molecule has 0 aromatic heterocycles. The highest BCUT2D eigenvalue weighted by Crippen LogP contribution is 2.13. The third-order valence-electron chi connectivity index (χ3n) is 3.28. The number of rotatable bonds is 10. The predicted octanol–water partition coefficient (Wildman–Crippen LogP) is 1.40. The van der Waals surface area contributed by atoms with Gasteiger partial charge in [-0.3, -0.25) is 9.59 Å². The van der Waals surface area contributed by atoms with Gasteiger partial charge < -0.3 is 19.5 Å². The van der Waals surface area contributed by atoms with Gasteiger partial charge in [0.25, 0.3) is 5.91 Å². The van der Waals surface area contributed by atoms with Crippen LogP contribution in [0.3, 0.4) is 0 Å². The van der Waals surface area contributed by atoms with Crippen LogP contribution in [0.25, 0.3) is 0 Å². The van der Waals surface area contributed by atoms with E-state index in [0.717, 1.165) is 12.0 Å². The van der Waals surface area contributed by atoms with E-state index in [0.29, 0.717) is 12.4 Å². The van der Waals surface area contributed by atoms with Crippen LogP contribution in [0.15, 0.2) is 24.3 Å². The first-order valence-electron chi connectivity index (χ1n) is 7.86. The molecule has 0 radical (unpaired) electrons. The number of esters is 1. The Bertz CT molecular complexity index is 504. The zero-order valence-corrected chi connectivity index (χ0v) is 13.8. The molecule has 0 aliphatic carbocycles. The molecule has 0 unspecified atom stereocenters. The molecule has 1 aromatic rings. The number of benzene rings is 1. The Balaban J connectivity index is 2.51. The number of hydrogen-bond donors (Lipinski definition) is 1. The number of aryl methyl sites for hydroxylation is 1. The molecular weight excluding hydrogens is 298 g/mol. The van der Waals surface area contributed by atoms with Gasteiger partial charge in [-0.15, -0.1) is 0 Å². The standard InChI is InChI=1S/C17H25NO5/c1-3-14-6-5-7-15(12-14)23-13-16(20)18(10-11-19)9-8-17(21)22-4-2/h5-7,12,19H,3-4,8-11,13H2,1-2H3. The van der Waals surface area contributed by atoms with Gasteiger partial charge >= 0.3 is 5.97 Å². The minimum atomic E-state index is -0.361. The minimum Gasteiger partial charge on any atom is -0.484 e. The van der Waals surface area contributed by atoms with Crippen LogP contribution in [0.1, 0.15) is 25.8 Å². The quantitative estimate of drug-likeness (QED) is 0.659. The second kappa shape index (κ2) is 10.6. The summed E-state index contributed by atoms with van der Waals surface area (Å²) in [7, 11) is 0. The Labute approximate surface area is 137 Å². The number of hydrogen-bond acceptors (Lipinski definition) is 5. The highest BCUT2D eigenvalue weighted by atomic mass is 16.5. The largest absolute Gasteiger partial charge is 0.484 e. The van der Waals surface area contributed by atoms with Crippen LogP contribution >= 0.6 is 0 Å². The van der Waals surface area contributed by atoms with Crippen molar-refractivity contribution in [3.63, 3.8) is 0 Å². The summed E-state index contributed by atoms with van der Waals surface area (Å²) in [6.07, 6.45) is 0.992. The SMILES string of the molecule is CCOC(=O)CCN(CCO)C(=O)COc1cccc(CC)c1. The fourth-order valence-corrected chi connectivity index (χ4v) is 2.03. The van der Waals surface area contributed by atoms with Gasteiger partial charge in [-0.25, -0.2) is 0 Å². The van der Waals surface area contributed by atoms with Crippen LogP contribution in [0, 0.1) is 0 Å². The van der Waals surface area contributed by atoms with Crippen molar-refractivity contribution < 1.29 is 24.2 Å². The molecule has 1 N–H and O–H groups in total. The molecule has 6 heteroatoms. The molecule has 0 saturated carbocycles. The first-order chi connectivity index (χ1) is 11.1. The number of aliphatic hydroxyl groups is 1. The lowest BCUT2D eigenvalue weighted by atomic mass is 10.2. The molecule has 0 heterocycles. The second-order valence-corrected chi connectivity index (χ2v) is 4.95. The van der Waals surface area contributed by atoms with Crippen molar-refractivity contribution in [2.24, 2.45) is 0 Å². The summed E-state index contributed by atoms with van der Waals surface area (Å²) in [4.78, 5) is 24.9. The molecule has 0 spiro atoms. The average molecular weight is 323 g/mol. The number of nitrogens with zero attached hydrogens (tertiary/aromatic N) is 1. The van der Waals surface area contributed by atoms with E-state index in [9.17, 15) is 9.59 Å². The molecule has 128 valence electrons. The summed E-state index contributed by atoms with van der Waals surface area (Å²) in [5.74, 6) is -0.00269. The molecule has 1 rings (SSSR count). The molecule has 0 saturated heterocycles. The topological polar surface area (TPSA) is 76.1 Å². The predicted molar refractivity (Wildman–Crippen MR) is 86.2 cm³/mol. The third kappa shape index (κ3) is 7.15. The summed E-state index contributed by atoms with van der Waals surface area (Å²) in [5, 5.41) is 9.06. The van der Waals surface area contributed by atoms with Crippen LogP contribution in [-0.2, 0) is 20.7 Å². The number of carbonyl (C=O) groups is 2. The van der Waals surface area contributed by atoms with Crippen LogP contribution in [0.4, 0.5) is 0 Å². The minimum absolute atomic E-state index is 0.102. The highest BCUT2D eigenvalue weighted by Gasteiger charge is 2.15. The molecule has 23 heavy (non-hydrogen) atoms. The van der Waals surface area contributed by atoms with Gasteiger partial charge in [0.15, 0.2) is 6.61 Å². The number of aliphatic hydroxyl groups excluding tert-OH is 1. The molecule has 0 aliphatic rings. The van der Waals surface area contributed by atoms with Crippen molar-refractivity contribution in [2.45, 2.75) is 26.7 Å². The second-order valence-electron chi connectivity index (χ2n) is 4.95. The fraction of sp³-hybridized carbons (Fsp3) is 0.529. The van der Waals surface area contributed by atoms with Crippen LogP contribution in [0.5, 0.6) is 5.75 Å². The summed E-state index contributed by atoms with van der Waals surface area (Å²) < 4.78 is 10.3. The van der Waals surface area contributed by atoms with Gasteiger partial charge in [0.1, 0.15) is 5.75 Å². The number of ether oxygens (including phenoxy) is 2. The maximum atomic E-state index is 12.2. The summed E-state index contributed by atoms with van der Waals surface area (Å²) in [5.41, 5.74) is 1.13. The van der Waals surface area contributed by atoms with E-state index in [1.165, 1.54) is 4.90 Å². The van der Waals surface area contributed by atoms with E-state index in [1.807, 2.05) is 25.1 Å². The molecule has 1 aromatic carbocycles. The normalized spacial score (nSPS) is 10.2. The van der Waals surface area contributed by atoms with E-state index >= 15 is 0 Å². The lowest BCUT2D eigenvalue weighted by Gasteiger charge is -2.21. The molecule has 0 bridgehead atoms. The summed E-state index contributed by atoms with van der Waals surface area (Å²) in [6.45, 7) is 4.15. The molecule has 0 aliphatic heterocycles. The fourth-order valence-electron chi connectivity index (χ4n) is 2.03. The summed E-state index contributed by atoms with van der Waals surface area (Å²) in [6, 6.07) is 7.56. The summed E-state index contributed by atoms with van der Waals surface area (Å²) >= 11 is 0. The van der Waals surface area contributed by atoms with Gasteiger partial charge in [0.05, 0.1) is 19.6 Å². The van der Waals surface area contributed by atoms with Gasteiger partial charge in [0.2, 0.25) is 0 Å². The van der Waals surface area contributed by atoms with E-state index < -0.39 is 0 Å². The Morgan fingerprint density at radius 3 is 2.65 bits per heavy atom. The lowest BCUT2D eigenvalue weighted by molar-refractivity contribution is -0.144. The molecule has 1 amide bonds. The first kappa shape index (κ1) is 19.0. The zero-order chi connectivity index (χ0) is 17.1. The average Bonchev–Trinajstić information content (AvgIpc) is 2.57. The van der Waals surface area contributed by atoms with E-state index in [4.69, 9.17) is 14.6 Å². The highest BCUT2D eigenvalue weighted by molar-refractivity contribution is 5.78. The van der Waals surface area contributed by atoms with E-state index in [1.54, 1.807) is 13.0 Å². The maximum absolute atomic E-state index is 12.2. The molecule has 0 atom stereocenters. The van der Waals surface area contributed by atoms with Crippen molar-refractivity contribution in [1.29, 1.82) is 0 Å². The monoisotopic (exact) mass is 323 g/mol. The molecular formula is C17H25NO5. The van der Waals surface area contributed by atoms with E-state index in [-0.39, 0.29) is 44.6 Å². The van der Waals surface area contributed by atoms with Crippen molar-refractivity contribution in [3.05, 3.63) is 29.8 Å². The number of amides is 1. The van der Waals surface area contributed by atoms with E-state index in [2.05, 4.69) is 0 Å². The van der Waals surface area contributed by atoms with Gasteiger partial charge in [-0.2, -0.15) is 0 Å². The Kier molecular flexibility index (Phi) is 8.75. The Morgan fingerprint density at radius 2 is 2.00 bits per heavy atom. The Hall–Kier alpha value is -2.08. The molecule has 0 fully saturated rings. The third-order valence-corrected chi connectivity index (χ3v) is 3.28. The number of carbonyl (C=O) groups excluding carboxylic acids is 2. The van der Waals surface area contributed by atoms with Crippen molar-refractivity contribution >= 4 is 11.9 Å². The molecule has 6 nitrogen and oxygen atoms in total. The van der Waals surface area contributed by atoms with Gasteiger partial charge in [-0.05, 0) is 31.0 Å². The smallest absolute Gasteiger partial charge is 0.307 e. The van der Waals surface area contributed by atoms with Crippen LogP contribution in [-0.4, -0.2) is 54.8 Å². The van der Waals surface area contributed by atoms with Crippen molar-refractivity contribution in [3.8, 4) is 5.75 Å². The van der Waals surface area contributed by atoms with Crippen molar-refractivity contribution in [2.75, 3.05) is 32.9 Å². The first-order valence-corrected chi connectivity index (χ1v) is 7.86. The van der Waals surface area contributed by atoms with Gasteiger partial charge in [-0.1, -0.05) is 19.1 Å². The van der Waals surface area contributed by atoms with Crippen LogP contribution in [0.2, 0.25) is 0 Å². The van der Waals surface area contributed by atoms with Crippen molar-refractivity contribution in [1.82, 2.24) is 4.90 Å². The van der Waals surface area contributed by atoms with Gasteiger partial charge in [0, 0.05) is 13.1 Å². The van der Waals surface area contributed by atoms with Crippen LogP contribution < -0.4 is 4.74 Å². The Morgan fingerprint density at radius 1 is 1.22 bits per heavy atom. The lowest BCUT2D eigenvalue weighted by Crippen LogP contribution is -2.38.